The monoisotopic (exact) mass is 292 g/mol. The van der Waals surface area contributed by atoms with Gasteiger partial charge < -0.3 is 9.64 Å². The quantitative estimate of drug-likeness (QED) is 0.798. The molecule has 0 saturated carbocycles. The van der Waals surface area contributed by atoms with Gasteiger partial charge in [0.2, 0.25) is 0 Å². The molecule has 2 saturated heterocycles. The SMILES string of the molecule is N#Cc1c(Br)cccc1N1CC2CCC(C1)O2. The number of fused-ring (bicyclic) bond motifs is 2. The van der Waals surface area contributed by atoms with Crippen LogP contribution in [-0.4, -0.2) is 25.3 Å². The van der Waals surface area contributed by atoms with E-state index in [9.17, 15) is 5.26 Å². The number of rotatable bonds is 1. The Morgan fingerprint density at radius 1 is 1.29 bits per heavy atom. The first-order valence-electron chi connectivity index (χ1n) is 5.87. The topological polar surface area (TPSA) is 36.3 Å². The smallest absolute Gasteiger partial charge is 0.103 e. The highest BCUT2D eigenvalue weighted by atomic mass is 79.9. The van der Waals surface area contributed by atoms with E-state index in [4.69, 9.17) is 4.74 Å². The zero-order valence-corrected chi connectivity index (χ0v) is 11.0. The molecule has 0 N–H and O–H groups in total. The van der Waals surface area contributed by atoms with Gasteiger partial charge in [0.15, 0.2) is 0 Å². The fraction of sp³-hybridized carbons (Fsp3) is 0.462. The first-order chi connectivity index (χ1) is 8.28. The Labute approximate surface area is 109 Å². The van der Waals surface area contributed by atoms with Gasteiger partial charge in [0.1, 0.15) is 6.07 Å². The van der Waals surface area contributed by atoms with Crippen molar-refractivity contribution in [2.45, 2.75) is 25.0 Å². The third-order valence-electron chi connectivity index (χ3n) is 3.49. The third kappa shape index (κ3) is 1.94. The normalized spacial score (nSPS) is 26.9. The molecule has 4 heteroatoms. The van der Waals surface area contributed by atoms with Crippen LogP contribution in [0.3, 0.4) is 0 Å². The number of nitriles is 1. The maximum Gasteiger partial charge on any atom is 0.103 e. The van der Waals surface area contributed by atoms with Crippen LogP contribution in [0.15, 0.2) is 22.7 Å². The van der Waals surface area contributed by atoms with Gasteiger partial charge in [0.25, 0.3) is 0 Å². The van der Waals surface area contributed by atoms with Gasteiger partial charge in [-0.3, -0.25) is 0 Å². The molecule has 2 atom stereocenters. The average Bonchev–Trinajstić information content (AvgIpc) is 2.68. The predicted octanol–water partition coefficient (Wildman–Crippen LogP) is 2.69. The second kappa shape index (κ2) is 4.32. The highest BCUT2D eigenvalue weighted by Crippen LogP contribution is 2.33. The summed E-state index contributed by atoms with van der Waals surface area (Å²) < 4.78 is 6.69. The number of hydrogen-bond donors (Lipinski definition) is 0. The molecule has 0 radical (unpaired) electrons. The molecule has 2 heterocycles. The summed E-state index contributed by atoms with van der Waals surface area (Å²) in [6.07, 6.45) is 2.99. The number of nitrogens with zero attached hydrogens (tertiary/aromatic N) is 2. The van der Waals surface area contributed by atoms with Crippen molar-refractivity contribution in [1.29, 1.82) is 5.26 Å². The van der Waals surface area contributed by atoms with Crippen molar-refractivity contribution >= 4 is 21.6 Å². The van der Waals surface area contributed by atoms with E-state index in [0.717, 1.165) is 41.7 Å². The molecule has 3 rings (SSSR count). The van der Waals surface area contributed by atoms with E-state index in [1.807, 2.05) is 18.2 Å². The van der Waals surface area contributed by atoms with Crippen LogP contribution in [0.5, 0.6) is 0 Å². The summed E-state index contributed by atoms with van der Waals surface area (Å²) >= 11 is 3.44. The fourth-order valence-corrected chi connectivity index (χ4v) is 3.14. The van der Waals surface area contributed by atoms with Crippen molar-refractivity contribution in [3.63, 3.8) is 0 Å². The van der Waals surface area contributed by atoms with Crippen molar-refractivity contribution < 1.29 is 4.74 Å². The molecule has 2 fully saturated rings. The molecule has 2 aliphatic rings. The highest BCUT2D eigenvalue weighted by Gasteiger charge is 2.34. The summed E-state index contributed by atoms with van der Waals surface area (Å²) in [7, 11) is 0. The lowest BCUT2D eigenvalue weighted by Gasteiger charge is -2.34. The van der Waals surface area contributed by atoms with Crippen LogP contribution < -0.4 is 4.90 Å². The molecule has 1 aromatic carbocycles. The van der Waals surface area contributed by atoms with Crippen molar-refractivity contribution in [2.75, 3.05) is 18.0 Å². The van der Waals surface area contributed by atoms with Gasteiger partial charge in [0, 0.05) is 17.6 Å². The van der Waals surface area contributed by atoms with Gasteiger partial charge in [-0.25, -0.2) is 0 Å². The molecule has 0 spiro atoms. The maximum atomic E-state index is 9.24. The number of morpholine rings is 1. The molecule has 0 aliphatic carbocycles. The molecule has 0 amide bonds. The van der Waals surface area contributed by atoms with Crippen LogP contribution in [0, 0.1) is 11.3 Å². The molecular weight excluding hydrogens is 280 g/mol. The first kappa shape index (κ1) is 11.1. The Kier molecular flexibility index (Phi) is 2.81. The van der Waals surface area contributed by atoms with Crippen LogP contribution in [0.25, 0.3) is 0 Å². The molecule has 3 nitrogen and oxygen atoms in total. The highest BCUT2D eigenvalue weighted by molar-refractivity contribution is 9.10. The largest absolute Gasteiger partial charge is 0.371 e. The summed E-state index contributed by atoms with van der Waals surface area (Å²) in [5.74, 6) is 0. The van der Waals surface area contributed by atoms with Crippen LogP contribution in [-0.2, 0) is 4.74 Å². The molecular formula is C13H13BrN2O. The molecule has 2 aliphatic heterocycles. The molecule has 1 aromatic rings. The van der Waals surface area contributed by atoms with Crippen molar-refractivity contribution in [3.05, 3.63) is 28.2 Å². The maximum absolute atomic E-state index is 9.24. The minimum absolute atomic E-state index is 0.347. The first-order valence-corrected chi connectivity index (χ1v) is 6.66. The minimum Gasteiger partial charge on any atom is -0.371 e. The predicted molar refractivity (Wildman–Crippen MR) is 69.0 cm³/mol. The lowest BCUT2D eigenvalue weighted by atomic mass is 10.1. The molecule has 17 heavy (non-hydrogen) atoms. The number of benzene rings is 1. The third-order valence-corrected chi connectivity index (χ3v) is 4.15. The van der Waals surface area contributed by atoms with Crippen molar-refractivity contribution in [2.24, 2.45) is 0 Å². The summed E-state index contributed by atoms with van der Waals surface area (Å²) in [5.41, 5.74) is 1.76. The average molecular weight is 293 g/mol. The fourth-order valence-electron chi connectivity index (χ4n) is 2.70. The van der Waals surface area contributed by atoms with E-state index in [1.54, 1.807) is 0 Å². The number of anilines is 1. The van der Waals surface area contributed by atoms with Crippen LogP contribution >= 0.6 is 15.9 Å². The number of ether oxygens (including phenoxy) is 1. The van der Waals surface area contributed by atoms with E-state index in [1.165, 1.54) is 0 Å². The second-order valence-corrected chi connectivity index (χ2v) is 5.46. The Balaban J connectivity index is 1.94. The van der Waals surface area contributed by atoms with Gasteiger partial charge in [0.05, 0.1) is 23.5 Å². The van der Waals surface area contributed by atoms with Crippen molar-refractivity contribution in [3.8, 4) is 6.07 Å². The summed E-state index contributed by atoms with van der Waals surface area (Å²) in [4.78, 5) is 2.29. The van der Waals surface area contributed by atoms with E-state index in [2.05, 4.69) is 26.9 Å². The minimum atomic E-state index is 0.347. The molecule has 88 valence electrons. The number of halogens is 1. The lowest BCUT2D eigenvalue weighted by Crippen LogP contribution is -2.43. The van der Waals surface area contributed by atoms with Gasteiger partial charge in [-0.15, -0.1) is 0 Å². The summed E-state index contributed by atoms with van der Waals surface area (Å²) in [5, 5.41) is 9.24. The summed E-state index contributed by atoms with van der Waals surface area (Å²) in [6.45, 7) is 1.81. The number of hydrogen-bond acceptors (Lipinski definition) is 3. The molecule has 2 bridgehead atoms. The van der Waals surface area contributed by atoms with E-state index in [0.29, 0.717) is 12.2 Å². The second-order valence-electron chi connectivity index (χ2n) is 4.61. The molecule has 0 aromatic heterocycles. The van der Waals surface area contributed by atoms with Crippen LogP contribution in [0.4, 0.5) is 5.69 Å². The zero-order valence-electron chi connectivity index (χ0n) is 9.40. The Morgan fingerprint density at radius 3 is 2.65 bits per heavy atom. The van der Waals surface area contributed by atoms with E-state index >= 15 is 0 Å². The van der Waals surface area contributed by atoms with E-state index in [-0.39, 0.29) is 0 Å². The van der Waals surface area contributed by atoms with Gasteiger partial charge in [-0.2, -0.15) is 5.26 Å². The van der Waals surface area contributed by atoms with E-state index < -0.39 is 0 Å². The lowest BCUT2D eigenvalue weighted by molar-refractivity contribution is 0.0305. The Bertz CT molecular complexity index is 471. The Morgan fingerprint density at radius 2 is 2.00 bits per heavy atom. The Hall–Kier alpha value is -1.05. The van der Waals surface area contributed by atoms with Gasteiger partial charge >= 0.3 is 0 Å². The van der Waals surface area contributed by atoms with Crippen LogP contribution in [0.1, 0.15) is 18.4 Å². The molecule has 2 unspecified atom stereocenters. The van der Waals surface area contributed by atoms with Crippen molar-refractivity contribution in [1.82, 2.24) is 0 Å². The standard InChI is InChI=1S/C13H13BrN2O/c14-12-2-1-3-13(11(12)6-15)16-7-9-4-5-10(8-16)17-9/h1-3,9-10H,4-5,7-8H2. The van der Waals surface area contributed by atoms with Gasteiger partial charge in [-0.05, 0) is 40.9 Å². The van der Waals surface area contributed by atoms with Crippen LogP contribution in [0.2, 0.25) is 0 Å². The zero-order chi connectivity index (χ0) is 11.8. The van der Waals surface area contributed by atoms with Gasteiger partial charge in [-0.1, -0.05) is 6.07 Å². The summed E-state index contributed by atoms with van der Waals surface area (Å²) in [6, 6.07) is 8.20.